The van der Waals surface area contributed by atoms with Crippen LogP contribution in [-0.2, 0) is 6.54 Å². The lowest BCUT2D eigenvalue weighted by atomic mass is 9.96. The van der Waals surface area contributed by atoms with Gasteiger partial charge in [-0.3, -0.25) is 4.90 Å². The predicted molar refractivity (Wildman–Crippen MR) is 65.2 cm³/mol. The van der Waals surface area contributed by atoms with Crippen molar-refractivity contribution in [3.63, 3.8) is 0 Å². The fourth-order valence-electron chi connectivity index (χ4n) is 2.43. The van der Waals surface area contributed by atoms with E-state index in [1.165, 1.54) is 12.1 Å². The molecule has 1 saturated heterocycles. The van der Waals surface area contributed by atoms with Crippen LogP contribution in [0.2, 0.25) is 0 Å². The normalized spacial score (nSPS) is 17.9. The first-order valence-corrected chi connectivity index (χ1v) is 6.37. The summed E-state index contributed by atoms with van der Waals surface area (Å²) in [7, 11) is 0. The Kier molecular flexibility index (Phi) is 4.29. The largest absolute Gasteiger partial charge is 0.391 e. The van der Waals surface area contributed by atoms with Crippen LogP contribution in [0.3, 0.4) is 0 Å². The van der Waals surface area contributed by atoms with Crippen molar-refractivity contribution in [2.24, 2.45) is 5.92 Å². The molecule has 1 fully saturated rings. The molecule has 0 atom stereocenters. The number of alkyl halides is 3. The topological polar surface area (TPSA) is 27.0 Å². The molecule has 1 aliphatic heterocycles. The number of hydrogen-bond acceptors (Lipinski definition) is 2. The Morgan fingerprint density at radius 3 is 2.45 bits per heavy atom. The second-order valence-corrected chi connectivity index (χ2v) is 5.02. The molecule has 2 nitrogen and oxygen atoms in total. The second-order valence-electron chi connectivity index (χ2n) is 5.02. The molecule has 0 aliphatic carbocycles. The summed E-state index contributed by atoms with van der Waals surface area (Å²) >= 11 is 0. The molecule has 0 bridgehead atoms. The number of nitrogens with zero attached hydrogens (tertiary/aromatic N) is 2. The Hall–Kier alpha value is -1.61. The highest BCUT2D eigenvalue weighted by atomic mass is 19.4. The van der Waals surface area contributed by atoms with Gasteiger partial charge in [-0.05, 0) is 43.6 Å². The van der Waals surface area contributed by atoms with Crippen molar-refractivity contribution in [2.45, 2.75) is 25.6 Å². The van der Waals surface area contributed by atoms with E-state index in [0.29, 0.717) is 19.6 Å². The van der Waals surface area contributed by atoms with Crippen molar-refractivity contribution in [2.75, 3.05) is 13.1 Å². The highest BCUT2D eigenvalue weighted by Crippen LogP contribution is 2.34. The van der Waals surface area contributed by atoms with Gasteiger partial charge in [0.2, 0.25) is 0 Å². The summed E-state index contributed by atoms with van der Waals surface area (Å²) in [6, 6.07) is 5.99. The quantitative estimate of drug-likeness (QED) is 0.778. The molecular formula is C14H14F4N2. The predicted octanol–water partition coefficient (Wildman–Crippen LogP) is 3.47. The first kappa shape index (κ1) is 14.8. The van der Waals surface area contributed by atoms with Crippen LogP contribution in [0, 0.1) is 23.1 Å². The van der Waals surface area contributed by atoms with E-state index < -0.39 is 17.9 Å². The lowest BCUT2D eigenvalue weighted by Crippen LogP contribution is -2.38. The third-order valence-corrected chi connectivity index (χ3v) is 3.61. The summed E-state index contributed by atoms with van der Waals surface area (Å²) in [6.07, 6.45) is -3.93. The molecule has 1 aromatic rings. The number of benzene rings is 1. The van der Waals surface area contributed by atoms with Crippen LogP contribution >= 0.6 is 0 Å². The molecule has 1 aliphatic rings. The van der Waals surface area contributed by atoms with Gasteiger partial charge in [0.15, 0.2) is 0 Å². The third kappa shape index (κ3) is 3.48. The van der Waals surface area contributed by atoms with Gasteiger partial charge in [-0.2, -0.15) is 18.4 Å². The number of rotatable bonds is 2. The van der Waals surface area contributed by atoms with Gasteiger partial charge in [0.1, 0.15) is 11.9 Å². The molecule has 20 heavy (non-hydrogen) atoms. The molecule has 0 spiro atoms. The summed E-state index contributed by atoms with van der Waals surface area (Å²) < 4.78 is 50.8. The summed E-state index contributed by atoms with van der Waals surface area (Å²) in [5.74, 6) is -1.80. The molecule has 0 aromatic heterocycles. The number of piperidine rings is 1. The summed E-state index contributed by atoms with van der Waals surface area (Å²) in [5.41, 5.74) is 0.709. The van der Waals surface area contributed by atoms with Gasteiger partial charge in [-0.1, -0.05) is 6.07 Å². The zero-order valence-electron chi connectivity index (χ0n) is 10.8. The van der Waals surface area contributed by atoms with Gasteiger partial charge >= 0.3 is 6.18 Å². The van der Waals surface area contributed by atoms with Crippen LogP contribution in [0.1, 0.15) is 24.0 Å². The third-order valence-electron chi connectivity index (χ3n) is 3.61. The van der Waals surface area contributed by atoms with Crippen LogP contribution in [0.5, 0.6) is 0 Å². The molecule has 1 heterocycles. The van der Waals surface area contributed by atoms with Gasteiger partial charge < -0.3 is 0 Å². The number of likely N-dealkylation sites (tertiary alicyclic amines) is 1. The Morgan fingerprint density at radius 1 is 1.25 bits per heavy atom. The molecule has 0 radical (unpaired) electrons. The Bertz CT molecular complexity index is 511. The standard InChI is InChI=1S/C14H14F4N2/c15-13-2-1-10(7-11(13)8-19)9-20-5-3-12(4-6-20)14(16,17)18/h1-2,7,12H,3-6,9H2. The van der Waals surface area contributed by atoms with E-state index in [-0.39, 0.29) is 18.4 Å². The summed E-state index contributed by atoms with van der Waals surface area (Å²) in [6.45, 7) is 1.17. The van der Waals surface area contributed by atoms with E-state index in [2.05, 4.69) is 0 Å². The molecule has 0 saturated carbocycles. The molecular weight excluding hydrogens is 272 g/mol. The number of hydrogen-bond donors (Lipinski definition) is 0. The SMILES string of the molecule is N#Cc1cc(CN2CCC(C(F)(F)F)CC2)ccc1F. The minimum Gasteiger partial charge on any atom is -0.299 e. The Balaban J connectivity index is 1.95. The van der Waals surface area contributed by atoms with E-state index in [9.17, 15) is 17.6 Å². The fraction of sp³-hybridized carbons (Fsp3) is 0.500. The average molecular weight is 286 g/mol. The number of halogens is 4. The van der Waals surface area contributed by atoms with E-state index in [4.69, 9.17) is 5.26 Å². The molecule has 0 N–H and O–H groups in total. The fourth-order valence-corrected chi connectivity index (χ4v) is 2.43. The van der Waals surface area contributed by atoms with Gasteiger partial charge in [0.05, 0.1) is 11.5 Å². The molecule has 0 unspecified atom stereocenters. The maximum atomic E-state index is 13.2. The van der Waals surface area contributed by atoms with Gasteiger partial charge in [0.25, 0.3) is 0 Å². The van der Waals surface area contributed by atoms with Crippen LogP contribution in [0.25, 0.3) is 0 Å². The van der Waals surface area contributed by atoms with Crippen LogP contribution in [0.4, 0.5) is 17.6 Å². The first-order chi connectivity index (χ1) is 9.40. The van der Waals surface area contributed by atoms with Gasteiger partial charge in [-0.25, -0.2) is 4.39 Å². The highest BCUT2D eigenvalue weighted by Gasteiger charge is 2.40. The summed E-state index contributed by atoms with van der Waals surface area (Å²) in [5, 5.41) is 8.74. The molecule has 1 aromatic carbocycles. The Labute approximate surface area is 114 Å². The molecule has 6 heteroatoms. The second kappa shape index (κ2) is 5.80. The zero-order chi connectivity index (χ0) is 14.8. The average Bonchev–Trinajstić information content (AvgIpc) is 2.40. The lowest BCUT2D eigenvalue weighted by Gasteiger charge is -2.32. The van der Waals surface area contributed by atoms with E-state index in [0.717, 1.165) is 5.56 Å². The van der Waals surface area contributed by atoms with Crippen molar-refractivity contribution < 1.29 is 17.6 Å². The van der Waals surface area contributed by atoms with Crippen molar-refractivity contribution in [1.29, 1.82) is 5.26 Å². The maximum Gasteiger partial charge on any atom is 0.391 e. The van der Waals surface area contributed by atoms with Crippen LogP contribution in [-0.4, -0.2) is 24.2 Å². The minimum atomic E-state index is -4.12. The van der Waals surface area contributed by atoms with E-state index >= 15 is 0 Å². The highest BCUT2D eigenvalue weighted by molar-refractivity contribution is 5.34. The Morgan fingerprint density at radius 2 is 1.90 bits per heavy atom. The number of nitriles is 1. The monoisotopic (exact) mass is 286 g/mol. The van der Waals surface area contributed by atoms with E-state index in [1.807, 2.05) is 4.90 Å². The summed E-state index contributed by atoms with van der Waals surface area (Å²) in [4.78, 5) is 1.90. The van der Waals surface area contributed by atoms with Gasteiger partial charge in [-0.15, -0.1) is 0 Å². The van der Waals surface area contributed by atoms with Crippen molar-refractivity contribution in [1.82, 2.24) is 4.90 Å². The van der Waals surface area contributed by atoms with Crippen molar-refractivity contribution >= 4 is 0 Å². The smallest absolute Gasteiger partial charge is 0.299 e. The van der Waals surface area contributed by atoms with Crippen molar-refractivity contribution in [3.8, 4) is 6.07 Å². The van der Waals surface area contributed by atoms with Crippen LogP contribution in [0.15, 0.2) is 18.2 Å². The van der Waals surface area contributed by atoms with Crippen LogP contribution < -0.4 is 0 Å². The molecule has 2 rings (SSSR count). The molecule has 108 valence electrons. The minimum absolute atomic E-state index is 0.0346. The maximum absolute atomic E-state index is 13.2. The first-order valence-electron chi connectivity index (χ1n) is 6.37. The van der Waals surface area contributed by atoms with Crippen molar-refractivity contribution in [3.05, 3.63) is 35.1 Å². The van der Waals surface area contributed by atoms with E-state index in [1.54, 1.807) is 12.1 Å². The zero-order valence-corrected chi connectivity index (χ0v) is 10.8. The lowest BCUT2D eigenvalue weighted by molar-refractivity contribution is -0.185. The van der Waals surface area contributed by atoms with Gasteiger partial charge in [0, 0.05) is 6.54 Å². The molecule has 0 amide bonds.